The topological polar surface area (TPSA) is 22.0 Å². The molecule has 2 aromatic heterocycles. The number of thiophene rings is 1. The molecule has 0 spiro atoms. The van der Waals surface area contributed by atoms with Crippen molar-refractivity contribution in [1.29, 1.82) is 0 Å². The van der Waals surface area contributed by atoms with Gasteiger partial charge in [-0.15, -0.1) is 11.3 Å². The Morgan fingerprint density at radius 2 is 1.60 bits per heavy atom. The number of rotatable bonds is 3. The summed E-state index contributed by atoms with van der Waals surface area (Å²) in [5.41, 5.74) is 5.91. The lowest BCUT2D eigenvalue weighted by Gasteiger charge is -2.15. The second-order valence-corrected chi connectivity index (χ2v) is 7.48. The van der Waals surface area contributed by atoms with Crippen LogP contribution in [0.2, 0.25) is 0 Å². The van der Waals surface area contributed by atoms with Gasteiger partial charge in [0, 0.05) is 22.7 Å². The molecule has 0 aliphatic rings. The lowest BCUT2D eigenvalue weighted by Crippen LogP contribution is -2.16. The van der Waals surface area contributed by atoms with Crippen molar-refractivity contribution in [3.05, 3.63) is 67.3 Å². The van der Waals surface area contributed by atoms with Gasteiger partial charge in [0.25, 0.3) is 0 Å². The average Bonchev–Trinajstić information content (AvgIpc) is 2.96. The van der Waals surface area contributed by atoms with Gasteiger partial charge in [-0.05, 0) is 45.2 Å². The minimum atomic E-state index is 0.207. The van der Waals surface area contributed by atoms with E-state index in [1.165, 1.54) is 21.6 Å². The molecule has 0 atom stereocenters. The first kappa shape index (κ1) is 19.5. The Morgan fingerprint density at radius 1 is 1.00 bits per heavy atom. The third-order valence-corrected chi connectivity index (χ3v) is 5.94. The molecular formula is C22H29NOS. The van der Waals surface area contributed by atoms with Crippen LogP contribution in [0, 0.1) is 27.7 Å². The van der Waals surface area contributed by atoms with E-state index in [1.54, 1.807) is 11.3 Å². The Labute approximate surface area is 155 Å². The first-order valence-electron chi connectivity index (χ1n) is 9.11. The molecule has 134 valence electrons. The summed E-state index contributed by atoms with van der Waals surface area (Å²) in [4.78, 5) is 15.2. The van der Waals surface area contributed by atoms with Crippen LogP contribution in [0.3, 0.4) is 0 Å². The van der Waals surface area contributed by atoms with E-state index in [0.717, 1.165) is 34.4 Å². The zero-order chi connectivity index (χ0) is 18.7. The quantitative estimate of drug-likeness (QED) is 0.570. The van der Waals surface area contributed by atoms with E-state index in [2.05, 4.69) is 56.5 Å². The number of aryl methyl sites for hydroxylation is 3. The van der Waals surface area contributed by atoms with Crippen LogP contribution >= 0.6 is 11.3 Å². The molecule has 0 aliphatic heterocycles. The molecule has 0 fully saturated rings. The molecule has 0 aliphatic carbocycles. The molecule has 0 saturated carbocycles. The predicted molar refractivity (Wildman–Crippen MR) is 111 cm³/mol. The number of pyridine rings is 1. The van der Waals surface area contributed by atoms with Crippen molar-refractivity contribution in [2.75, 3.05) is 0 Å². The zero-order valence-electron chi connectivity index (χ0n) is 16.5. The molecule has 0 bridgehead atoms. The van der Waals surface area contributed by atoms with Gasteiger partial charge in [0.2, 0.25) is 0 Å². The number of hydrogen-bond acceptors (Lipinski definition) is 2. The van der Waals surface area contributed by atoms with Crippen molar-refractivity contribution < 1.29 is 0 Å². The minimum Gasteiger partial charge on any atom is -0.332 e. The largest absolute Gasteiger partial charge is 0.332 e. The zero-order valence-corrected chi connectivity index (χ0v) is 17.3. The molecule has 2 nitrogen and oxygen atoms in total. The lowest BCUT2D eigenvalue weighted by molar-refractivity contribution is 0.790. The third-order valence-electron chi connectivity index (χ3n) is 4.77. The highest BCUT2D eigenvalue weighted by molar-refractivity contribution is 7.18. The fourth-order valence-corrected chi connectivity index (χ4v) is 4.47. The highest BCUT2D eigenvalue weighted by atomic mass is 32.1. The second kappa shape index (κ2) is 8.01. The van der Waals surface area contributed by atoms with Crippen molar-refractivity contribution >= 4 is 21.6 Å². The molecule has 3 heteroatoms. The maximum absolute atomic E-state index is 12.8. The van der Waals surface area contributed by atoms with E-state index in [0.29, 0.717) is 0 Å². The summed E-state index contributed by atoms with van der Waals surface area (Å²) in [5.74, 6) is 0. The number of nitrogens with zero attached hydrogens (tertiary/aromatic N) is 1. The van der Waals surface area contributed by atoms with Gasteiger partial charge in [0.05, 0.1) is 5.39 Å². The molecule has 0 N–H and O–H groups in total. The van der Waals surface area contributed by atoms with Crippen LogP contribution in [0.4, 0.5) is 0 Å². The second-order valence-electron chi connectivity index (χ2n) is 6.28. The van der Waals surface area contributed by atoms with Crippen LogP contribution in [0.1, 0.15) is 53.6 Å². The van der Waals surface area contributed by atoms with E-state index in [9.17, 15) is 4.79 Å². The summed E-state index contributed by atoms with van der Waals surface area (Å²) < 4.78 is 2.31. The molecular weight excluding hydrogens is 326 g/mol. The van der Waals surface area contributed by atoms with Gasteiger partial charge in [0.15, 0.2) is 5.43 Å². The van der Waals surface area contributed by atoms with E-state index in [1.807, 2.05) is 20.8 Å². The summed E-state index contributed by atoms with van der Waals surface area (Å²) in [6, 6.07) is 8.65. The first-order chi connectivity index (χ1) is 11.9. The SMILES string of the molecule is CC.CCc1c(C)sc2c1c(=O)c(C)c(C)n2Cc1ccc(C)cc1. The molecule has 0 amide bonds. The van der Waals surface area contributed by atoms with Gasteiger partial charge in [-0.1, -0.05) is 50.6 Å². The molecule has 2 heterocycles. The Bertz CT molecular complexity index is 930. The van der Waals surface area contributed by atoms with Crippen LogP contribution in [0.15, 0.2) is 29.1 Å². The van der Waals surface area contributed by atoms with Crippen molar-refractivity contribution in [3.63, 3.8) is 0 Å². The fraction of sp³-hybridized carbons (Fsp3) is 0.409. The van der Waals surface area contributed by atoms with Gasteiger partial charge < -0.3 is 4.57 Å². The minimum absolute atomic E-state index is 0.207. The van der Waals surface area contributed by atoms with Crippen LogP contribution in [-0.2, 0) is 13.0 Å². The molecule has 0 unspecified atom stereocenters. The lowest BCUT2D eigenvalue weighted by atomic mass is 10.1. The maximum Gasteiger partial charge on any atom is 0.193 e. The predicted octanol–water partition coefficient (Wildman–Crippen LogP) is 5.93. The molecule has 0 saturated heterocycles. The molecule has 0 radical (unpaired) electrons. The van der Waals surface area contributed by atoms with Crippen molar-refractivity contribution in [1.82, 2.24) is 4.57 Å². The van der Waals surface area contributed by atoms with Crippen LogP contribution in [-0.4, -0.2) is 4.57 Å². The van der Waals surface area contributed by atoms with Crippen LogP contribution in [0.5, 0.6) is 0 Å². The number of aromatic nitrogens is 1. The van der Waals surface area contributed by atoms with Crippen molar-refractivity contribution in [2.24, 2.45) is 0 Å². The Hall–Kier alpha value is -1.87. The Kier molecular flexibility index (Phi) is 6.23. The highest BCUT2D eigenvalue weighted by Crippen LogP contribution is 2.31. The molecule has 3 rings (SSSR count). The maximum atomic E-state index is 12.8. The third kappa shape index (κ3) is 3.57. The van der Waals surface area contributed by atoms with Crippen LogP contribution < -0.4 is 5.43 Å². The summed E-state index contributed by atoms with van der Waals surface area (Å²) in [7, 11) is 0. The molecule has 1 aromatic carbocycles. The summed E-state index contributed by atoms with van der Waals surface area (Å²) >= 11 is 1.75. The first-order valence-corrected chi connectivity index (χ1v) is 9.93. The average molecular weight is 356 g/mol. The summed E-state index contributed by atoms with van der Waals surface area (Å²) in [6.07, 6.45) is 0.911. The van der Waals surface area contributed by atoms with E-state index in [4.69, 9.17) is 0 Å². The van der Waals surface area contributed by atoms with Gasteiger partial charge in [-0.3, -0.25) is 4.79 Å². The highest BCUT2D eigenvalue weighted by Gasteiger charge is 2.18. The van der Waals surface area contributed by atoms with Crippen LogP contribution in [0.25, 0.3) is 10.2 Å². The van der Waals surface area contributed by atoms with Gasteiger partial charge in [-0.25, -0.2) is 0 Å². The standard InChI is InChI=1S/C20H23NOS.C2H6/c1-6-17-15(5)23-20-18(17)19(22)13(3)14(4)21(20)11-16-9-7-12(2)8-10-16;1-2/h7-10H,6,11H2,1-5H3;1-2H3. The van der Waals surface area contributed by atoms with E-state index in [-0.39, 0.29) is 5.43 Å². The van der Waals surface area contributed by atoms with Gasteiger partial charge in [-0.2, -0.15) is 0 Å². The monoisotopic (exact) mass is 355 g/mol. The summed E-state index contributed by atoms with van der Waals surface area (Å²) in [5, 5.41) is 0.935. The smallest absolute Gasteiger partial charge is 0.193 e. The summed E-state index contributed by atoms with van der Waals surface area (Å²) in [6.45, 7) is 15.2. The Balaban J connectivity index is 0.00000109. The van der Waals surface area contributed by atoms with Gasteiger partial charge >= 0.3 is 0 Å². The van der Waals surface area contributed by atoms with Crippen molar-refractivity contribution in [2.45, 2.75) is 61.4 Å². The number of benzene rings is 1. The molecule has 3 aromatic rings. The Morgan fingerprint density at radius 3 is 2.16 bits per heavy atom. The normalized spacial score (nSPS) is 10.7. The van der Waals surface area contributed by atoms with Gasteiger partial charge in [0.1, 0.15) is 4.83 Å². The number of fused-ring (bicyclic) bond motifs is 1. The van der Waals surface area contributed by atoms with Crippen molar-refractivity contribution in [3.8, 4) is 0 Å². The number of hydrogen-bond donors (Lipinski definition) is 0. The molecule has 25 heavy (non-hydrogen) atoms. The van der Waals surface area contributed by atoms with E-state index >= 15 is 0 Å². The fourth-order valence-electron chi connectivity index (χ4n) is 3.19. The van der Waals surface area contributed by atoms with E-state index < -0.39 is 0 Å².